The van der Waals surface area contributed by atoms with Gasteiger partial charge in [0, 0.05) is 21.9 Å². The predicted molar refractivity (Wildman–Crippen MR) is 106 cm³/mol. The van der Waals surface area contributed by atoms with Crippen LogP contribution in [0.5, 0.6) is 0 Å². The molecule has 132 valence electrons. The van der Waals surface area contributed by atoms with Gasteiger partial charge in [0.2, 0.25) is 0 Å². The van der Waals surface area contributed by atoms with Gasteiger partial charge in [0.25, 0.3) is 11.5 Å². The van der Waals surface area contributed by atoms with Crippen molar-refractivity contribution in [1.29, 1.82) is 0 Å². The maximum Gasteiger partial charge on any atom is 0.269 e. The van der Waals surface area contributed by atoms with Crippen molar-refractivity contribution in [2.45, 2.75) is 6.54 Å². The molecule has 0 atom stereocenters. The van der Waals surface area contributed by atoms with Crippen LogP contribution in [0.1, 0.15) is 15.9 Å². The van der Waals surface area contributed by atoms with E-state index in [9.17, 15) is 9.59 Å². The molecule has 0 saturated carbocycles. The first-order valence-corrected chi connectivity index (χ1v) is 8.77. The van der Waals surface area contributed by atoms with Crippen LogP contribution < -0.4 is 10.9 Å². The number of carbonyl (C=O) groups is 1. The quantitative estimate of drug-likeness (QED) is 0.653. The van der Waals surface area contributed by atoms with Crippen LogP contribution in [0.2, 0.25) is 15.1 Å². The van der Waals surface area contributed by atoms with E-state index < -0.39 is 0 Å². The van der Waals surface area contributed by atoms with Gasteiger partial charge in [-0.05, 0) is 48.0 Å². The van der Waals surface area contributed by atoms with E-state index in [4.69, 9.17) is 34.8 Å². The lowest BCUT2D eigenvalue weighted by atomic mass is 10.2. The Hall–Kier alpha value is -2.27. The number of halogens is 3. The number of pyridine rings is 1. The van der Waals surface area contributed by atoms with E-state index >= 15 is 0 Å². The summed E-state index contributed by atoms with van der Waals surface area (Å²) in [4.78, 5) is 24.8. The number of hydrogen-bond donors (Lipinski definition) is 1. The summed E-state index contributed by atoms with van der Waals surface area (Å²) in [6.07, 6.45) is 1.47. The summed E-state index contributed by atoms with van der Waals surface area (Å²) in [7, 11) is 0. The summed E-state index contributed by atoms with van der Waals surface area (Å²) < 4.78 is 1.38. The van der Waals surface area contributed by atoms with Gasteiger partial charge >= 0.3 is 0 Å². The first-order chi connectivity index (χ1) is 12.4. The second-order valence-corrected chi connectivity index (χ2v) is 6.88. The third kappa shape index (κ3) is 4.47. The number of rotatable bonds is 4. The normalized spacial score (nSPS) is 10.6. The largest absolute Gasteiger partial charge is 0.322 e. The Balaban J connectivity index is 1.88. The molecule has 0 saturated heterocycles. The highest BCUT2D eigenvalue weighted by atomic mass is 35.5. The number of carbonyl (C=O) groups excluding carboxylic acids is 1. The second kappa shape index (κ2) is 7.96. The number of aromatic nitrogens is 1. The minimum absolute atomic E-state index is 0.0317. The molecule has 3 aromatic rings. The lowest BCUT2D eigenvalue weighted by Crippen LogP contribution is -2.24. The molecule has 4 nitrogen and oxygen atoms in total. The molecule has 0 spiro atoms. The molecule has 0 aliphatic heterocycles. The van der Waals surface area contributed by atoms with Crippen LogP contribution in [0, 0.1) is 0 Å². The lowest BCUT2D eigenvalue weighted by Gasteiger charge is -2.11. The zero-order chi connectivity index (χ0) is 18.7. The summed E-state index contributed by atoms with van der Waals surface area (Å²) >= 11 is 17.8. The highest BCUT2D eigenvalue weighted by Crippen LogP contribution is 2.16. The van der Waals surface area contributed by atoms with E-state index in [1.165, 1.54) is 16.8 Å². The van der Waals surface area contributed by atoms with Gasteiger partial charge in [-0.2, -0.15) is 0 Å². The van der Waals surface area contributed by atoms with Crippen LogP contribution >= 0.6 is 34.8 Å². The third-order valence-corrected chi connectivity index (χ3v) is 4.41. The van der Waals surface area contributed by atoms with E-state index in [-0.39, 0.29) is 28.6 Å². The van der Waals surface area contributed by atoms with E-state index in [1.807, 2.05) is 6.07 Å². The maximum absolute atomic E-state index is 12.5. The Morgan fingerprint density at radius 2 is 1.69 bits per heavy atom. The molecule has 0 aliphatic rings. The van der Waals surface area contributed by atoms with Gasteiger partial charge in [0.05, 0.1) is 12.1 Å². The van der Waals surface area contributed by atoms with Gasteiger partial charge in [0.1, 0.15) is 5.02 Å². The zero-order valence-corrected chi connectivity index (χ0v) is 15.6. The number of benzene rings is 2. The van der Waals surface area contributed by atoms with E-state index in [2.05, 4.69) is 5.32 Å². The van der Waals surface area contributed by atoms with Crippen LogP contribution in [0.25, 0.3) is 0 Å². The summed E-state index contributed by atoms with van der Waals surface area (Å²) in [5.74, 6) is -0.380. The van der Waals surface area contributed by atoms with Crippen molar-refractivity contribution < 1.29 is 4.79 Å². The van der Waals surface area contributed by atoms with E-state index in [0.29, 0.717) is 15.7 Å². The van der Waals surface area contributed by atoms with Crippen molar-refractivity contribution in [3.05, 3.63) is 97.3 Å². The molecule has 1 aromatic heterocycles. The Morgan fingerprint density at radius 3 is 2.38 bits per heavy atom. The Morgan fingerprint density at radius 1 is 0.962 bits per heavy atom. The van der Waals surface area contributed by atoms with Gasteiger partial charge in [0.15, 0.2) is 0 Å². The van der Waals surface area contributed by atoms with Gasteiger partial charge in [-0.3, -0.25) is 9.59 Å². The number of nitrogens with one attached hydrogen (secondary N) is 1. The smallest absolute Gasteiger partial charge is 0.269 e. The van der Waals surface area contributed by atoms with Crippen molar-refractivity contribution in [2.24, 2.45) is 0 Å². The predicted octanol–water partition coefficient (Wildman–Crippen LogP) is 5.11. The molecule has 3 rings (SSSR count). The van der Waals surface area contributed by atoms with Gasteiger partial charge in [-0.1, -0.05) is 46.9 Å². The molecule has 26 heavy (non-hydrogen) atoms. The highest BCUT2D eigenvalue weighted by Gasteiger charge is 2.12. The topological polar surface area (TPSA) is 51.1 Å². The molecule has 1 N–H and O–H groups in total. The van der Waals surface area contributed by atoms with Crippen LogP contribution in [-0.2, 0) is 6.54 Å². The molecule has 2 aromatic carbocycles. The summed E-state index contributed by atoms with van der Waals surface area (Å²) in [5, 5.41) is 3.85. The molecule has 0 bridgehead atoms. The fraction of sp³-hybridized carbons (Fsp3) is 0.0526. The lowest BCUT2D eigenvalue weighted by molar-refractivity contribution is 0.102. The minimum Gasteiger partial charge on any atom is -0.322 e. The average molecular weight is 408 g/mol. The molecule has 7 heteroatoms. The van der Waals surface area contributed by atoms with Crippen LogP contribution in [0.15, 0.2) is 65.6 Å². The SMILES string of the molecule is O=C(Nc1ccc(Cl)cc1)c1cc(Cl)c(=O)n(Cc2cccc(Cl)c2)c1. The van der Waals surface area contributed by atoms with Crippen molar-refractivity contribution in [3.8, 4) is 0 Å². The highest BCUT2D eigenvalue weighted by molar-refractivity contribution is 6.31. The number of anilines is 1. The van der Waals surface area contributed by atoms with Crippen LogP contribution in [-0.4, -0.2) is 10.5 Å². The van der Waals surface area contributed by atoms with Crippen molar-refractivity contribution in [2.75, 3.05) is 5.32 Å². The molecule has 0 fully saturated rings. The fourth-order valence-corrected chi connectivity index (χ4v) is 2.97. The molecule has 0 aliphatic carbocycles. The summed E-state index contributed by atoms with van der Waals surface area (Å²) in [6.45, 7) is 0.251. The Bertz CT molecular complexity index is 1010. The molecule has 1 heterocycles. The summed E-state index contributed by atoms with van der Waals surface area (Å²) in [5.41, 5.74) is 1.30. The van der Waals surface area contributed by atoms with Crippen molar-refractivity contribution in [3.63, 3.8) is 0 Å². The van der Waals surface area contributed by atoms with Gasteiger partial charge < -0.3 is 9.88 Å². The standard InChI is InChI=1S/C19H13Cl3N2O2/c20-14-4-6-16(7-5-14)23-18(25)13-9-17(22)19(26)24(11-13)10-12-2-1-3-15(21)8-12/h1-9,11H,10H2,(H,23,25). The zero-order valence-electron chi connectivity index (χ0n) is 13.4. The van der Waals surface area contributed by atoms with Crippen LogP contribution in [0.3, 0.4) is 0 Å². The molecular weight excluding hydrogens is 395 g/mol. The van der Waals surface area contributed by atoms with E-state index in [1.54, 1.807) is 42.5 Å². The monoisotopic (exact) mass is 406 g/mol. The fourth-order valence-electron chi connectivity index (χ4n) is 2.41. The van der Waals surface area contributed by atoms with E-state index in [0.717, 1.165) is 5.56 Å². The van der Waals surface area contributed by atoms with Crippen LogP contribution in [0.4, 0.5) is 5.69 Å². The number of nitrogens with zero attached hydrogens (tertiary/aromatic N) is 1. The number of amides is 1. The first kappa shape index (κ1) is 18.5. The third-order valence-electron chi connectivity index (χ3n) is 3.65. The van der Waals surface area contributed by atoms with Crippen molar-refractivity contribution in [1.82, 2.24) is 4.57 Å². The number of hydrogen-bond acceptors (Lipinski definition) is 2. The maximum atomic E-state index is 12.5. The molecule has 1 amide bonds. The van der Waals surface area contributed by atoms with Crippen molar-refractivity contribution >= 4 is 46.4 Å². The Labute approximate surface area is 164 Å². The Kier molecular flexibility index (Phi) is 5.67. The van der Waals surface area contributed by atoms with Gasteiger partial charge in [-0.15, -0.1) is 0 Å². The summed E-state index contributed by atoms with van der Waals surface area (Å²) in [6, 6.07) is 15.2. The second-order valence-electron chi connectivity index (χ2n) is 5.60. The van der Waals surface area contributed by atoms with Gasteiger partial charge in [-0.25, -0.2) is 0 Å². The molecule has 0 radical (unpaired) electrons. The minimum atomic E-state index is -0.380. The average Bonchev–Trinajstić information content (AvgIpc) is 2.60. The molecular formula is C19H13Cl3N2O2. The first-order valence-electron chi connectivity index (χ1n) is 7.64. The molecule has 0 unspecified atom stereocenters.